The molecule has 1 aromatic rings. The van der Waals surface area contributed by atoms with E-state index in [1.807, 2.05) is 31.2 Å². The molecule has 3 nitrogen and oxygen atoms in total. The second kappa shape index (κ2) is 7.07. The van der Waals surface area contributed by atoms with Crippen molar-refractivity contribution in [2.45, 2.75) is 20.8 Å². The molecule has 0 radical (unpaired) electrons. The van der Waals surface area contributed by atoms with Crippen LogP contribution in [0.1, 0.15) is 26.3 Å². The van der Waals surface area contributed by atoms with Crippen molar-refractivity contribution in [1.29, 1.82) is 0 Å². The average Bonchev–Trinajstić information content (AvgIpc) is 2.37. The minimum atomic E-state index is 0.0766. The van der Waals surface area contributed by atoms with Gasteiger partial charge in [0.25, 0.3) is 0 Å². The summed E-state index contributed by atoms with van der Waals surface area (Å²) in [6.07, 6.45) is 1.99. The lowest BCUT2D eigenvalue weighted by molar-refractivity contribution is 0.311. The molecule has 1 N–H and O–H groups in total. The lowest BCUT2D eigenvalue weighted by Crippen LogP contribution is -1.99. The lowest BCUT2D eigenvalue weighted by atomic mass is 10.0. The summed E-state index contributed by atoms with van der Waals surface area (Å²) in [5.41, 5.74) is 2.01. The van der Waals surface area contributed by atoms with Crippen molar-refractivity contribution in [3.05, 3.63) is 29.3 Å². The van der Waals surface area contributed by atoms with Crippen LogP contribution in [0, 0.1) is 5.92 Å². The summed E-state index contributed by atoms with van der Waals surface area (Å²) in [4.78, 5) is 0. The minimum absolute atomic E-state index is 0.0766. The standard InChI is InChI=1S/C15H22O3/c1-5-18-14-7-6-12(9-15(14)17-4)8-13(10-16)11(2)3/h6-9,11,16H,5,10H2,1-4H3. The molecule has 0 aromatic heterocycles. The zero-order valence-electron chi connectivity index (χ0n) is 11.6. The van der Waals surface area contributed by atoms with Gasteiger partial charge in [0, 0.05) is 0 Å². The van der Waals surface area contributed by atoms with Crippen LogP contribution in [0.4, 0.5) is 0 Å². The summed E-state index contributed by atoms with van der Waals surface area (Å²) in [6.45, 7) is 6.75. The number of benzene rings is 1. The van der Waals surface area contributed by atoms with Crippen LogP contribution >= 0.6 is 0 Å². The summed E-state index contributed by atoms with van der Waals surface area (Å²) in [5, 5.41) is 9.30. The van der Waals surface area contributed by atoms with Crippen molar-refractivity contribution in [1.82, 2.24) is 0 Å². The number of aliphatic hydroxyl groups is 1. The molecule has 0 saturated heterocycles. The molecule has 0 heterocycles. The normalized spacial score (nSPS) is 11.8. The van der Waals surface area contributed by atoms with Gasteiger partial charge >= 0.3 is 0 Å². The van der Waals surface area contributed by atoms with Crippen LogP contribution in [-0.4, -0.2) is 25.4 Å². The molecular weight excluding hydrogens is 228 g/mol. The van der Waals surface area contributed by atoms with Gasteiger partial charge in [0.1, 0.15) is 0 Å². The molecule has 100 valence electrons. The van der Waals surface area contributed by atoms with E-state index in [1.54, 1.807) is 7.11 Å². The van der Waals surface area contributed by atoms with Gasteiger partial charge in [0.05, 0.1) is 20.3 Å². The number of aliphatic hydroxyl groups excluding tert-OH is 1. The van der Waals surface area contributed by atoms with E-state index in [9.17, 15) is 5.11 Å². The fourth-order valence-corrected chi connectivity index (χ4v) is 1.66. The third-order valence-corrected chi connectivity index (χ3v) is 2.76. The summed E-state index contributed by atoms with van der Waals surface area (Å²) < 4.78 is 10.8. The Morgan fingerprint density at radius 3 is 2.56 bits per heavy atom. The van der Waals surface area contributed by atoms with Gasteiger partial charge in [-0.15, -0.1) is 0 Å². The molecule has 1 aromatic carbocycles. The Morgan fingerprint density at radius 2 is 2.06 bits per heavy atom. The summed E-state index contributed by atoms with van der Waals surface area (Å²) in [5.74, 6) is 1.78. The van der Waals surface area contributed by atoms with Gasteiger partial charge in [-0.25, -0.2) is 0 Å². The van der Waals surface area contributed by atoms with Crippen molar-refractivity contribution in [2.24, 2.45) is 5.92 Å². The van der Waals surface area contributed by atoms with Crippen LogP contribution in [0.3, 0.4) is 0 Å². The van der Waals surface area contributed by atoms with Gasteiger partial charge in [0.2, 0.25) is 0 Å². The molecule has 0 aliphatic rings. The molecule has 0 amide bonds. The van der Waals surface area contributed by atoms with Crippen molar-refractivity contribution in [3.63, 3.8) is 0 Å². The predicted octanol–water partition coefficient (Wildman–Crippen LogP) is 3.13. The minimum Gasteiger partial charge on any atom is -0.493 e. The molecular formula is C15H22O3. The molecule has 0 saturated carbocycles. The quantitative estimate of drug-likeness (QED) is 0.843. The Labute approximate surface area is 109 Å². The van der Waals surface area contributed by atoms with Gasteiger partial charge in [-0.2, -0.15) is 0 Å². The van der Waals surface area contributed by atoms with E-state index in [4.69, 9.17) is 9.47 Å². The SMILES string of the molecule is CCOc1ccc(C=C(CO)C(C)C)cc1OC. The maximum absolute atomic E-state index is 9.30. The highest BCUT2D eigenvalue weighted by Gasteiger charge is 2.06. The monoisotopic (exact) mass is 250 g/mol. The second-order valence-electron chi connectivity index (χ2n) is 4.38. The van der Waals surface area contributed by atoms with E-state index in [-0.39, 0.29) is 6.61 Å². The second-order valence-corrected chi connectivity index (χ2v) is 4.38. The van der Waals surface area contributed by atoms with Gasteiger partial charge in [0.15, 0.2) is 11.5 Å². The first-order chi connectivity index (χ1) is 8.62. The summed E-state index contributed by atoms with van der Waals surface area (Å²) in [6, 6.07) is 5.78. The van der Waals surface area contributed by atoms with E-state index >= 15 is 0 Å². The van der Waals surface area contributed by atoms with Gasteiger partial charge in [-0.3, -0.25) is 0 Å². The Kier molecular flexibility index (Phi) is 5.72. The first-order valence-corrected chi connectivity index (χ1v) is 6.24. The van der Waals surface area contributed by atoms with Gasteiger partial charge in [-0.1, -0.05) is 26.0 Å². The number of rotatable bonds is 6. The smallest absolute Gasteiger partial charge is 0.161 e. The van der Waals surface area contributed by atoms with Crippen LogP contribution in [0.2, 0.25) is 0 Å². The van der Waals surface area contributed by atoms with Crippen molar-refractivity contribution < 1.29 is 14.6 Å². The van der Waals surface area contributed by atoms with Crippen LogP contribution in [0.25, 0.3) is 6.08 Å². The molecule has 3 heteroatoms. The first-order valence-electron chi connectivity index (χ1n) is 6.24. The zero-order valence-corrected chi connectivity index (χ0v) is 11.6. The summed E-state index contributed by atoms with van der Waals surface area (Å²) >= 11 is 0. The third kappa shape index (κ3) is 3.77. The molecule has 0 spiro atoms. The molecule has 0 fully saturated rings. The highest BCUT2D eigenvalue weighted by Crippen LogP contribution is 2.29. The van der Waals surface area contributed by atoms with Crippen molar-refractivity contribution in [2.75, 3.05) is 20.3 Å². The predicted molar refractivity (Wildman–Crippen MR) is 74.1 cm³/mol. The topological polar surface area (TPSA) is 38.7 Å². The molecule has 0 bridgehead atoms. The Bertz CT molecular complexity index is 408. The fraction of sp³-hybridized carbons (Fsp3) is 0.467. The molecule has 0 unspecified atom stereocenters. The van der Waals surface area contributed by atoms with Crippen LogP contribution in [-0.2, 0) is 0 Å². The summed E-state index contributed by atoms with van der Waals surface area (Å²) in [7, 11) is 1.63. The maximum Gasteiger partial charge on any atom is 0.161 e. The first kappa shape index (κ1) is 14.6. The van der Waals surface area contributed by atoms with Crippen LogP contribution < -0.4 is 9.47 Å². The number of ether oxygens (including phenoxy) is 2. The number of methoxy groups -OCH3 is 1. The van der Waals surface area contributed by atoms with Crippen molar-refractivity contribution in [3.8, 4) is 11.5 Å². The largest absolute Gasteiger partial charge is 0.493 e. The molecule has 0 aliphatic heterocycles. The van der Waals surface area contributed by atoms with Gasteiger partial charge in [-0.05, 0) is 36.1 Å². The maximum atomic E-state index is 9.30. The fourth-order valence-electron chi connectivity index (χ4n) is 1.66. The van der Waals surface area contributed by atoms with E-state index in [0.717, 1.165) is 16.9 Å². The van der Waals surface area contributed by atoms with E-state index in [0.29, 0.717) is 18.3 Å². The van der Waals surface area contributed by atoms with E-state index in [1.165, 1.54) is 0 Å². The van der Waals surface area contributed by atoms with Crippen LogP contribution in [0.5, 0.6) is 11.5 Å². The average molecular weight is 250 g/mol. The Hall–Kier alpha value is -1.48. The molecule has 18 heavy (non-hydrogen) atoms. The lowest BCUT2D eigenvalue weighted by Gasteiger charge is -2.11. The zero-order chi connectivity index (χ0) is 13.5. The molecule has 0 aliphatic carbocycles. The molecule has 1 rings (SSSR count). The van der Waals surface area contributed by atoms with Crippen molar-refractivity contribution >= 4 is 6.08 Å². The number of hydrogen-bond acceptors (Lipinski definition) is 3. The Morgan fingerprint density at radius 1 is 1.33 bits per heavy atom. The highest BCUT2D eigenvalue weighted by atomic mass is 16.5. The highest BCUT2D eigenvalue weighted by molar-refractivity contribution is 5.58. The number of hydrogen-bond donors (Lipinski definition) is 1. The Balaban J connectivity index is 3.05. The van der Waals surface area contributed by atoms with Crippen LogP contribution in [0.15, 0.2) is 23.8 Å². The molecule has 0 atom stereocenters. The third-order valence-electron chi connectivity index (χ3n) is 2.76. The van der Waals surface area contributed by atoms with E-state index in [2.05, 4.69) is 13.8 Å². The van der Waals surface area contributed by atoms with E-state index < -0.39 is 0 Å². The van der Waals surface area contributed by atoms with Gasteiger partial charge < -0.3 is 14.6 Å².